The van der Waals surface area contributed by atoms with Crippen LogP contribution in [-0.2, 0) is 33.3 Å². The van der Waals surface area contributed by atoms with Gasteiger partial charge in [0.25, 0.3) is 6.29 Å². The molecule has 0 radical (unpaired) electrons. The number of carboxylic acids is 1. The van der Waals surface area contributed by atoms with Crippen molar-refractivity contribution in [2.75, 3.05) is 47.5 Å². The molecule has 9 heteroatoms. The maximum Gasteiger partial charge on any atom is 0.361 e. The van der Waals surface area contributed by atoms with Gasteiger partial charge in [0.15, 0.2) is 6.10 Å². The number of likely N-dealkylation sites (N-methyl/N-ethyl adjacent to an activating group) is 1. The topological polar surface area (TPSA) is 108 Å². The number of carboxylic acid groups (broad SMARTS) is 1. The number of carbonyl (C=O) groups excluding carboxylic acids is 2. The van der Waals surface area contributed by atoms with Crippen molar-refractivity contribution < 1.29 is 42.9 Å². The highest BCUT2D eigenvalue weighted by Gasteiger charge is 2.25. The van der Waals surface area contributed by atoms with E-state index in [2.05, 4.69) is 172 Å². The van der Waals surface area contributed by atoms with Crippen LogP contribution in [0.15, 0.2) is 158 Å². The molecule has 0 bridgehead atoms. The number of nitrogens with zero attached hydrogens (tertiary/aromatic N) is 1. The zero-order chi connectivity index (χ0) is 57.6. The summed E-state index contributed by atoms with van der Waals surface area (Å²) in [6.07, 6.45) is 84.7. The molecule has 0 aromatic rings. The Balaban J connectivity index is 4.24. The van der Waals surface area contributed by atoms with Gasteiger partial charge in [-0.3, -0.25) is 9.59 Å². The summed E-state index contributed by atoms with van der Waals surface area (Å²) in [7, 11) is 5.94. The summed E-state index contributed by atoms with van der Waals surface area (Å²) in [6.45, 7) is 4.58. The number of hydrogen-bond acceptors (Lipinski definition) is 7. The molecular weight excluding hydrogens is 983 g/mol. The van der Waals surface area contributed by atoms with Crippen molar-refractivity contribution in [2.24, 2.45) is 0 Å². The van der Waals surface area contributed by atoms with E-state index in [-0.39, 0.29) is 38.6 Å². The molecule has 0 heterocycles. The van der Waals surface area contributed by atoms with Crippen LogP contribution < -0.4 is 0 Å². The normalized spacial score (nSPS) is 13.9. The molecule has 0 saturated carbocycles. The molecule has 9 nitrogen and oxygen atoms in total. The van der Waals surface area contributed by atoms with Gasteiger partial charge in [-0.25, -0.2) is 4.79 Å². The van der Waals surface area contributed by atoms with Crippen LogP contribution in [0.4, 0.5) is 0 Å². The highest BCUT2D eigenvalue weighted by Crippen LogP contribution is 2.14. The Bertz CT molecular complexity index is 1850. The van der Waals surface area contributed by atoms with Gasteiger partial charge in [-0.2, -0.15) is 0 Å². The van der Waals surface area contributed by atoms with Gasteiger partial charge in [0.2, 0.25) is 0 Å². The molecule has 2 unspecified atom stereocenters. The lowest BCUT2D eigenvalue weighted by molar-refractivity contribution is -0.870. The van der Waals surface area contributed by atoms with Gasteiger partial charge in [-0.1, -0.05) is 230 Å². The molecule has 0 amide bonds. The van der Waals surface area contributed by atoms with E-state index < -0.39 is 24.3 Å². The van der Waals surface area contributed by atoms with Crippen molar-refractivity contribution in [3.8, 4) is 0 Å². The van der Waals surface area contributed by atoms with Crippen LogP contribution in [0.25, 0.3) is 0 Å². The van der Waals surface area contributed by atoms with Crippen LogP contribution in [-0.4, -0.2) is 87.4 Å². The zero-order valence-corrected chi connectivity index (χ0v) is 50.5. The van der Waals surface area contributed by atoms with E-state index in [0.717, 1.165) is 135 Å². The minimum absolute atomic E-state index is 0.173. The molecule has 444 valence electrons. The van der Waals surface area contributed by atoms with Gasteiger partial charge in [-0.05, 0) is 122 Å². The monoisotopic (exact) mass is 1090 g/mol. The van der Waals surface area contributed by atoms with Gasteiger partial charge in [0.1, 0.15) is 13.2 Å². The first-order valence-corrected chi connectivity index (χ1v) is 30.6. The van der Waals surface area contributed by atoms with Crippen molar-refractivity contribution in [3.63, 3.8) is 0 Å². The van der Waals surface area contributed by atoms with Gasteiger partial charge >= 0.3 is 17.9 Å². The van der Waals surface area contributed by atoms with E-state index in [9.17, 15) is 19.5 Å². The van der Waals surface area contributed by atoms with Crippen LogP contribution in [0.1, 0.15) is 206 Å². The highest BCUT2D eigenvalue weighted by atomic mass is 16.7. The van der Waals surface area contributed by atoms with Crippen molar-refractivity contribution in [1.82, 2.24) is 0 Å². The van der Waals surface area contributed by atoms with Crippen molar-refractivity contribution in [3.05, 3.63) is 158 Å². The van der Waals surface area contributed by atoms with Crippen LogP contribution in [0, 0.1) is 0 Å². The Kier molecular flexibility index (Phi) is 55.2. The summed E-state index contributed by atoms with van der Waals surface area (Å²) in [5.74, 6) is -2.07. The first-order chi connectivity index (χ1) is 38.6. The maximum absolute atomic E-state index is 12.9. The standard InChI is InChI=1S/C70H111NO8/c1-6-8-10-12-14-16-18-20-22-24-25-26-27-28-29-30-31-32-33-34-35-36-37-38-39-40-41-42-43-45-47-49-51-53-55-57-59-61-68(73)79-66(65-78-70(69(74)75)76-63-62-71(3,4)5)64-77-67(72)60-58-56-54-52-50-48-46-44-23-21-19-17-15-13-11-9-7-2/h8-11,14-17,20-23,25-26,28-29,31-32,34-35,37-38,40-41,46,48,66,70H,6-7,12-13,18-19,24,27,30,33,36,39,42-45,47,49-65H2,1-5H3/p+1/b10-8-,11-9-,16-14-,17-15-,22-20-,23-21-,26-25-,29-28-,32-31-,35-34-,38-37-,41-40-,48-46-. The van der Waals surface area contributed by atoms with Crippen LogP contribution in [0.5, 0.6) is 0 Å². The van der Waals surface area contributed by atoms with E-state index in [1.807, 2.05) is 21.1 Å². The Hall–Kier alpha value is -5.09. The largest absolute Gasteiger partial charge is 0.477 e. The fourth-order valence-corrected chi connectivity index (χ4v) is 7.64. The van der Waals surface area contributed by atoms with Gasteiger partial charge in [0, 0.05) is 12.8 Å². The number of aliphatic carboxylic acids is 1. The molecule has 0 saturated heterocycles. The average molecular weight is 1100 g/mol. The first kappa shape index (κ1) is 73.9. The number of ether oxygens (including phenoxy) is 4. The third-order valence-electron chi connectivity index (χ3n) is 12.3. The Labute approximate surface area is 483 Å². The molecule has 0 aliphatic rings. The number of hydrogen-bond donors (Lipinski definition) is 1. The van der Waals surface area contributed by atoms with Crippen molar-refractivity contribution in [1.29, 1.82) is 0 Å². The van der Waals surface area contributed by atoms with E-state index in [0.29, 0.717) is 23.9 Å². The van der Waals surface area contributed by atoms with E-state index >= 15 is 0 Å². The second kappa shape index (κ2) is 59.0. The molecule has 0 aromatic carbocycles. The van der Waals surface area contributed by atoms with E-state index in [1.54, 1.807) is 0 Å². The molecular formula is C70H112NO8+. The summed E-state index contributed by atoms with van der Waals surface area (Å²) in [5, 5.41) is 9.71. The van der Waals surface area contributed by atoms with Gasteiger partial charge in [0.05, 0.1) is 34.4 Å². The Morgan fingerprint density at radius 3 is 1.01 bits per heavy atom. The predicted molar refractivity (Wildman–Crippen MR) is 336 cm³/mol. The summed E-state index contributed by atoms with van der Waals surface area (Å²) >= 11 is 0. The molecule has 0 aromatic heterocycles. The summed E-state index contributed by atoms with van der Waals surface area (Å²) < 4.78 is 22.8. The maximum atomic E-state index is 12.9. The third kappa shape index (κ3) is 60.4. The Morgan fingerprint density at radius 2 is 0.684 bits per heavy atom. The van der Waals surface area contributed by atoms with Gasteiger partial charge < -0.3 is 28.5 Å². The highest BCUT2D eigenvalue weighted by molar-refractivity contribution is 5.71. The van der Waals surface area contributed by atoms with Crippen LogP contribution >= 0.6 is 0 Å². The lowest BCUT2D eigenvalue weighted by Gasteiger charge is -2.25. The molecule has 0 aliphatic heterocycles. The molecule has 0 rings (SSSR count). The summed E-state index contributed by atoms with van der Waals surface area (Å²) in [4.78, 5) is 37.4. The second-order valence-corrected chi connectivity index (χ2v) is 20.9. The van der Waals surface area contributed by atoms with E-state index in [1.165, 1.54) is 32.1 Å². The molecule has 2 atom stereocenters. The van der Waals surface area contributed by atoms with Crippen molar-refractivity contribution in [2.45, 2.75) is 219 Å². The third-order valence-corrected chi connectivity index (χ3v) is 12.3. The number of allylic oxidation sites excluding steroid dienone is 26. The molecule has 0 spiro atoms. The number of rotatable bonds is 54. The lowest BCUT2D eigenvalue weighted by Crippen LogP contribution is -2.40. The average Bonchev–Trinajstić information content (AvgIpc) is 3.42. The molecule has 0 fully saturated rings. The lowest BCUT2D eigenvalue weighted by atomic mass is 10.1. The number of quaternary nitrogens is 1. The summed E-state index contributed by atoms with van der Waals surface area (Å²) in [6, 6.07) is 0. The predicted octanol–water partition coefficient (Wildman–Crippen LogP) is 18.6. The molecule has 79 heavy (non-hydrogen) atoms. The van der Waals surface area contributed by atoms with Crippen LogP contribution in [0.2, 0.25) is 0 Å². The van der Waals surface area contributed by atoms with E-state index in [4.69, 9.17) is 18.9 Å². The minimum Gasteiger partial charge on any atom is -0.477 e. The Morgan fingerprint density at radius 1 is 0.380 bits per heavy atom. The molecule has 1 N–H and O–H groups in total. The zero-order valence-electron chi connectivity index (χ0n) is 50.5. The summed E-state index contributed by atoms with van der Waals surface area (Å²) in [5.41, 5.74) is 0. The number of carbonyl (C=O) groups is 3. The molecule has 0 aliphatic carbocycles. The smallest absolute Gasteiger partial charge is 0.361 e. The quantitative estimate of drug-likeness (QED) is 0.0211. The minimum atomic E-state index is -1.53. The fraction of sp³-hybridized carbons (Fsp3) is 0.586. The number of esters is 2. The number of unbranched alkanes of at least 4 members (excludes halogenated alkanes) is 13. The van der Waals surface area contributed by atoms with Gasteiger partial charge in [-0.15, -0.1) is 0 Å². The van der Waals surface area contributed by atoms with Crippen LogP contribution in [0.3, 0.4) is 0 Å². The fourth-order valence-electron chi connectivity index (χ4n) is 7.64. The SMILES string of the molecule is CC/C=C\C/C=C\C/C=C\C/C=C\C/C=C\C/C=C\C/C=C\C/C=C\C/C=C\CCCCCCCCCCCC(=O)OC(COC(=O)CCCCCC/C=C\C/C=C\C/C=C\C/C=C\CC)COC(OCC[N+](C)(C)C)C(=O)O. The first-order valence-electron chi connectivity index (χ1n) is 30.6. The second-order valence-electron chi connectivity index (χ2n) is 20.9. The van der Waals surface area contributed by atoms with Crippen molar-refractivity contribution >= 4 is 17.9 Å².